The second-order valence-corrected chi connectivity index (χ2v) is 7.38. The summed E-state index contributed by atoms with van der Waals surface area (Å²) in [5.74, 6) is 0.649. The molecule has 3 rings (SSSR count). The number of rotatable bonds is 7. The predicted molar refractivity (Wildman–Crippen MR) is 117 cm³/mol. The molecule has 3 N–H and O–H groups in total. The SMILES string of the molecule is CNC(NC(=N)c1ccccc1)c1ccc(C2=CCC(CC(=O)OC)CC2)cc1. The fourth-order valence-electron chi connectivity index (χ4n) is 3.70. The predicted octanol–water partition coefficient (Wildman–Crippen LogP) is 4.27. The van der Waals surface area contributed by atoms with Crippen LogP contribution in [0.3, 0.4) is 0 Å². The van der Waals surface area contributed by atoms with E-state index in [-0.39, 0.29) is 12.1 Å². The number of benzene rings is 2. The van der Waals surface area contributed by atoms with Gasteiger partial charge < -0.3 is 10.1 Å². The third kappa shape index (κ3) is 5.55. The van der Waals surface area contributed by atoms with Crippen LogP contribution < -0.4 is 10.6 Å². The van der Waals surface area contributed by atoms with Crippen LogP contribution in [0.5, 0.6) is 0 Å². The summed E-state index contributed by atoms with van der Waals surface area (Å²) in [5, 5.41) is 14.8. The molecule has 2 aromatic carbocycles. The number of ether oxygens (including phenoxy) is 1. The standard InChI is InChI=1S/C24H29N3O2/c1-26-24(27-23(25)20-6-4-3-5-7-20)21-14-12-19(13-15-21)18-10-8-17(9-11-18)16-22(28)29-2/h3-7,10,12-15,17,24,26H,8-9,11,16H2,1-2H3,(H2,25,27). The van der Waals surface area contributed by atoms with Crippen LogP contribution in [0.1, 0.15) is 48.5 Å². The van der Waals surface area contributed by atoms with Crippen LogP contribution in [0, 0.1) is 11.3 Å². The van der Waals surface area contributed by atoms with Crippen LogP contribution in [-0.4, -0.2) is 26.0 Å². The van der Waals surface area contributed by atoms with Gasteiger partial charge in [0.2, 0.25) is 0 Å². The fourth-order valence-corrected chi connectivity index (χ4v) is 3.70. The van der Waals surface area contributed by atoms with Gasteiger partial charge in [0.05, 0.1) is 7.11 Å². The van der Waals surface area contributed by atoms with Crippen molar-refractivity contribution in [1.82, 2.24) is 10.6 Å². The average Bonchev–Trinajstić information content (AvgIpc) is 2.78. The van der Waals surface area contributed by atoms with E-state index >= 15 is 0 Å². The molecule has 1 aliphatic rings. The van der Waals surface area contributed by atoms with Crippen molar-refractivity contribution in [2.75, 3.05) is 14.2 Å². The van der Waals surface area contributed by atoms with E-state index in [4.69, 9.17) is 10.1 Å². The van der Waals surface area contributed by atoms with Gasteiger partial charge in [-0.1, -0.05) is 60.7 Å². The van der Waals surface area contributed by atoms with Gasteiger partial charge in [0.1, 0.15) is 12.0 Å². The average molecular weight is 392 g/mol. The first-order chi connectivity index (χ1) is 14.1. The van der Waals surface area contributed by atoms with Crippen molar-refractivity contribution in [3.8, 4) is 0 Å². The molecule has 5 nitrogen and oxygen atoms in total. The molecule has 1 aliphatic carbocycles. The zero-order chi connectivity index (χ0) is 20.6. The fraction of sp³-hybridized carbons (Fsp3) is 0.333. The third-order valence-electron chi connectivity index (χ3n) is 5.46. The Hall–Kier alpha value is -2.92. The number of methoxy groups -OCH3 is 1. The molecule has 0 saturated carbocycles. The molecule has 0 heterocycles. The molecule has 0 spiro atoms. The zero-order valence-corrected chi connectivity index (χ0v) is 17.1. The number of carbonyl (C=O) groups is 1. The number of carbonyl (C=O) groups excluding carboxylic acids is 1. The highest BCUT2D eigenvalue weighted by molar-refractivity contribution is 5.96. The van der Waals surface area contributed by atoms with E-state index < -0.39 is 0 Å². The number of esters is 1. The van der Waals surface area contributed by atoms with Gasteiger partial charge in [-0.05, 0) is 48.9 Å². The highest BCUT2D eigenvalue weighted by atomic mass is 16.5. The van der Waals surface area contributed by atoms with Gasteiger partial charge in [-0.3, -0.25) is 15.5 Å². The second-order valence-electron chi connectivity index (χ2n) is 7.38. The summed E-state index contributed by atoms with van der Waals surface area (Å²) in [4.78, 5) is 11.5. The third-order valence-corrected chi connectivity index (χ3v) is 5.46. The summed E-state index contributed by atoms with van der Waals surface area (Å²) in [6.07, 6.45) is 5.53. The largest absolute Gasteiger partial charge is 0.469 e. The molecule has 2 aromatic rings. The van der Waals surface area contributed by atoms with E-state index in [2.05, 4.69) is 41.0 Å². The molecule has 2 atom stereocenters. The molecule has 2 unspecified atom stereocenters. The van der Waals surface area contributed by atoms with Gasteiger partial charge in [-0.25, -0.2) is 0 Å². The van der Waals surface area contributed by atoms with Gasteiger partial charge in [0.25, 0.3) is 0 Å². The summed E-state index contributed by atoms with van der Waals surface area (Å²) < 4.78 is 4.78. The van der Waals surface area contributed by atoms with Crippen LogP contribution >= 0.6 is 0 Å². The molecule has 0 fully saturated rings. The number of nitrogens with one attached hydrogen (secondary N) is 3. The molecule has 0 saturated heterocycles. The smallest absolute Gasteiger partial charge is 0.305 e. The number of hydrogen-bond acceptors (Lipinski definition) is 4. The van der Waals surface area contributed by atoms with Crippen molar-refractivity contribution >= 4 is 17.4 Å². The first-order valence-electron chi connectivity index (χ1n) is 10.0. The molecule has 152 valence electrons. The maximum atomic E-state index is 11.5. The summed E-state index contributed by atoms with van der Waals surface area (Å²) in [5.41, 5.74) is 4.50. The van der Waals surface area contributed by atoms with E-state index in [0.29, 0.717) is 18.2 Å². The van der Waals surface area contributed by atoms with Crippen LogP contribution in [0.25, 0.3) is 5.57 Å². The summed E-state index contributed by atoms with van der Waals surface area (Å²) in [7, 11) is 3.33. The monoisotopic (exact) mass is 391 g/mol. The van der Waals surface area contributed by atoms with E-state index in [1.165, 1.54) is 18.2 Å². The van der Waals surface area contributed by atoms with Crippen molar-refractivity contribution in [3.05, 3.63) is 77.4 Å². The molecule has 0 aliphatic heterocycles. The Morgan fingerprint density at radius 3 is 2.48 bits per heavy atom. The second kappa shape index (κ2) is 10.0. The number of allylic oxidation sites excluding steroid dienone is 2. The normalized spacial score (nSPS) is 17.2. The van der Waals surface area contributed by atoms with Crippen molar-refractivity contribution in [2.24, 2.45) is 5.92 Å². The molecular formula is C24H29N3O2. The minimum atomic E-state index is -0.137. The van der Waals surface area contributed by atoms with Crippen LogP contribution in [-0.2, 0) is 9.53 Å². The highest BCUT2D eigenvalue weighted by Gasteiger charge is 2.19. The quantitative estimate of drug-likeness (QED) is 0.285. The van der Waals surface area contributed by atoms with Crippen molar-refractivity contribution < 1.29 is 9.53 Å². The first kappa shape index (κ1) is 20.8. The lowest BCUT2D eigenvalue weighted by Crippen LogP contribution is -2.36. The van der Waals surface area contributed by atoms with Crippen LogP contribution in [0.15, 0.2) is 60.7 Å². The van der Waals surface area contributed by atoms with E-state index in [0.717, 1.165) is 30.4 Å². The zero-order valence-electron chi connectivity index (χ0n) is 17.1. The lowest BCUT2D eigenvalue weighted by Gasteiger charge is -2.23. The Balaban J connectivity index is 1.63. The summed E-state index contributed by atoms with van der Waals surface area (Å²) in [6, 6.07) is 18.1. The van der Waals surface area contributed by atoms with E-state index in [9.17, 15) is 4.79 Å². The van der Waals surface area contributed by atoms with Crippen molar-refractivity contribution in [2.45, 2.75) is 31.8 Å². The Kier molecular flexibility index (Phi) is 7.19. The molecular weight excluding hydrogens is 362 g/mol. The Morgan fingerprint density at radius 2 is 1.90 bits per heavy atom. The van der Waals surface area contributed by atoms with Gasteiger partial charge in [-0.2, -0.15) is 0 Å². The lowest BCUT2D eigenvalue weighted by molar-refractivity contribution is -0.141. The van der Waals surface area contributed by atoms with Gasteiger partial charge in [-0.15, -0.1) is 0 Å². The minimum Gasteiger partial charge on any atom is -0.469 e. The molecule has 0 amide bonds. The molecule has 29 heavy (non-hydrogen) atoms. The number of hydrogen-bond donors (Lipinski definition) is 3. The maximum absolute atomic E-state index is 11.5. The Bertz CT molecular complexity index is 859. The minimum absolute atomic E-state index is 0.122. The molecule has 0 bridgehead atoms. The number of amidine groups is 1. The van der Waals surface area contributed by atoms with Crippen LogP contribution in [0.2, 0.25) is 0 Å². The maximum Gasteiger partial charge on any atom is 0.305 e. The topological polar surface area (TPSA) is 74.2 Å². The van der Waals surface area contributed by atoms with Gasteiger partial charge in [0, 0.05) is 12.0 Å². The highest BCUT2D eigenvalue weighted by Crippen LogP contribution is 2.32. The summed E-state index contributed by atoms with van der Waals surface area (Å²) >= 11 is 0. The molecule has 5 heteroatoms. The molecule has 0 aromatic heterocycles. The lowest BCUT2D eigenvalue weighted by atomic mass is 9.85. The Labute approximate surface area is 172 Å². The summed E-state index contributed by atoms with van der Waals surface area (Å²) in [6.45, 7) is 0. The molecule has 0 radical (unpaired) electrons. The first-order valence-corrected chi connectivity index (χ1v) is 10.0. The van der Waals surface area contributed by atoms with E-state index in [1.807, 2.05) is 37.4 Å². The van der Waals surface area contributed by atoms with Crippen molar-refractivity contribution in [3.63, 3.8) is 0 Å². The van der Waals surface area contributed by atoms with Gasteiger partial charge >= 0.3 is 5.97 Å². The van der Waals surface area contributed by atoms with Crippen LogP contribution in [0.4, 0.5) is 0 Å². The van der Waals surface area contributed by atoms with Gasteiger partial charge in [0.15, 0.2) is 0 Å². The van der Waals surface area contributed by atoms with E-state index in [1.54, 1.807) is 0 Å². The Morgan fingerprint density at radius 1 is 1.17 bits per heavy atom. The van der Waals surface area contributed by atoms with Crippen molar-refractivity contribution in [1.29, 1.82) is 5.41 Å².